The van der Waals surface area contributed by atoms with Crippen LogP contribution in [0.4, 0.5) is 10.5 Å². The van der Waals surface area contributed by atoms with E-state index in [1.807, 2.05) is 44.3 Å². The van der Waals surface area contributed by atoms with Crippen LogP contribution in [-0.2, 0) is 12.6 Å². The van der Waals surface area contributed by atoms with Gasteiger partial charge in [-0.15, -0.1) is 0 Å². The zero-order valence-corrected chi connectivity index (χ0v) is 15.2. The molecule has 0 saturated heterocycles. The molecule has 3 N–H and O–H groups in total. The minimum atomic E-state index is -1.17. The summed E-state index contributed by atoms with van der Waals surface area (Å²) in [6.45, 7) is 4.29. The second-order valence-corrected chi connectivity index (χ2v) is 6.54. The average molecular weight is 345 g/mol. The van der Waals surface area contributed by atoms with Crippen molar-refractivity contribution in [2.45, 2.75) is 25.5 Å². The van der Waals surface area contributed by atoms with Gasteiger partial charge in [0.2, 0.25) is 0 Å². The van der Waals surface area contributed by atoms with Crippen LogP contribution in [0.2, 0.25) is 0 Å². The molecule has 2 amide bonds. The summed E-state index contributed by atoms with van der Waals surface area (Å²) >= 11 is 0. The maximum absolute atomic E-state index is 12.0. The second-order valence-electron chi connectivity index (χ2n) is 6.54. The van der Waals surface area contributed by atoms with Gasteiger partial charge in [-0.05, 0) is 26.0 Å². The molecule has 2 atom stereocenters. The highest BCUT2D eigenvalue weighted by Crippen LogP contribution is 2.18. The summed E-state index contributed by atoms with van der Waals surface area (Å²) in [5, 5.41) is 20.0. The molecule has 0 aliphatic rings. The van der Waals surface area contributed by atoms with Crippen LogP contribution in [0.3, 0.4) is 0 Å². The highest BCUT2D eigenvalue weighted by molar-refractivity contribution is 5.74. The van der Waals surface area contributed by atoms with Crippen molar-refractivity contribution >= 4 is 11.7 Å². The van der Waals surface area contributed by atoms with Crippen LogP contribution >= 0.6 is 0 Å². The summed E-state index contributed by atoms with van der Waals surface area (Å²) in [4.78, 5) is 14.1. The second kappa shape index (κ2) is 8.02. The van der Waals surface area contributed by atoms with Gasteiger partial charge in [0.1, 0.15) is 5.60 Å². The summed E-state index contributed by atoms with van der Waals surface area (Å²) in [7, 11) is 3.77. The third-order valence-corrected chi connectivity index (χ3v) is 4.30. The van der Waals surface area contributed by atoms with Gasteiger partial charge in [0.25, 0.3) is 0 Å². The Kier molecular flexibility index (Phi) is 6.03. The number of likely N-dealkylation sites (N-methyl/N-ethyl adjacent to an activating group) is 1. The number of urea groups is 1. The lowest BCUT2D eigenvalue weighted by atomic mass is 10.00. The third-order valence-electron chi connectivity index (χ3n) is 4.30. The Morgan fingerprint density at radius 2 is 2.04 bits per heavy atom. The molecular weight excluding hydrogens is 318 g/mol. The number of aliphatic hydroxyl groups is 1. The van der Waals surface area contributed by atoms with Crippen LogP contribution in [0.25, 0.3) is 0 Å². The molecule has 136 valence electrons. The Morgan fingerprint density at radius 1 is 1.36 bits per heavy atom. The SMILES string of the molecule is C[C@H](CNC(=O)NC[C@@](C)(O)c1cnn(C)c1)N(C)c1ccccc1. The minimum absolute atomic E-state index is 0.105. The van der Waals surface area contributed by atoms with Gasteiger partial charge in [-0.3, -0.25) is 4.68 Å². The Labute approximate surface area is 148 Å². The van der Waals surface area contributed by atoms with E-state index in [1.54, 1.807) is 31.0 Å². The van der Waals surface area contributed by atoms with E-state index < -0.39 is 5.60 Å². The van der Waals surface area contributed by atoms with E-state index in [4.69, 9.17) is 0 Å². The fourth-order valence-corrected chi connectivity index (χ4v) is 2.41. The molecule has 2 rings (SSSR count). The number of aromatic nitrogens is 2. The highest BCUT2D eigenvalue weighted by Gasteiger charge is 2.25. The summed E-state index contributed by atoms with van der Waals surface area (Å²) in [6, 6.07) is 9.83. The molecule has 0 unspecified atom stereocenters. The third kappa shape index (κ3) is 5.22. The number of carbonyl (C=O) groups is 1. The standard InChI is InChI=1S/C18H27N5O2/c1-14(23(4)16-8-6-5-7-9-16)10-19-17(24)20-13-18(2,25)15-11-21-22(3)12-15/h5-9,11-12,14,25H,10,13H2,1-4H3,(H2,19,20,24)/t14-,18-/m1/s1. The first kappa shape index (κ1) is 18.8. The Balaban J connectivity index is 1.78. The van der Waals surface area contributed by atoms with Crippen molar-refractivity contribution < 1.29 is 9.90 Å². The van der Waals surface area contributed by atoms with Crippen molar-refractivity contribution in [2.24, 2.45) is 7.05 Å². The number of aryl methyl sites for hydroxylation is 1. The molecule has 0 aliphatic carbocycles. The molecule has 7 nitrogen and oxygen atoms in total. The van der Waals surface area contributed by atoms with Crippen molar-refractivity contribution in [3.05, 3.63) is 48.3 Å². The van der Waals surface area contributed by atoms with Gasteiger partial charge in [0.15, 0.2) is 0 Å². The molecule has 1 aromatic heterocycles. The predicted molar refractivity (Wildman–Crippen MR) is 98.5 cm³/mol. The Hall–Kier alpha value is -2.54. The van der Waals surface area contributed by atoms with Crippen molar-refractivity contribution in [1.82, 2.24) is 20.4 Å². The van der Waals surface area contributed by atoms with E-state index in [1.165, 1.54) is 0 Å². The van der Waals surface area contributed by atoms with Crippen LogP contribution in [0.15, 0.2) is 42.7 Å². The van der Waals surface area contributed by atoms with Crippen LogP contribution in [0.5, 0.6) is 0 Å². The normalized spacial score (nSPS) is 14.4. The van der Waals surface area contributed by atoms with Gasteiger partial charge >= 0.3 is 6.03 Å². The predicted octanol–water partition coefficient (Wildman–Crippen LogP) is 1.45. The van der Waals surface area contributed by atoms with Gasteiger partial charge in [-0.25, -0.2) is 4.79 Å². The fraction of sp³-hybridized carbons (Fsp3) is 0.444. The van der Waals surface area contributed by atoms with E-state index in [2.05, 4.69) is 20.6 Å². The van der Waals surface area contributed by atoms with Crippen LogP contribution in [0, 0.1) is 0 Å². The molecule has 25 heavy (non-hydrogen) atoms. The fourth-order valence-electron chi connectivity index (χ4n) is 2.41. The van der Waals surface area contributed by atoms with Gasteiger partial charge in [-0.2, -0.15) is 5.10 Å². The number of hydrogen-bond acceptors (Lipinski definition) is 4. The number of carbonyl (C=O) groups excluding carboxylic acids is 1. The number of benzene rings is 1. The number of rotatable bonds is 7. The molecule has 1 heterocycles. The number of anilines is 1. The summed E-state index contributed by atoms with van der Waals surface area (Å²) in [5.74, 6) is 0. The van der Waals surface area contributed by atoms with Gasteiger partial charge in [0.05, 0.1) is 12.7 Å². The van der Waals surface area contributed by atoms with Gasteiger partial charge in [-0.1, -0.05) is 18.2 Å². The van der Waals surface area contributed by atoms with Crippen molar-refractivity contribution in [3.8, 4) is 0 Å². The lowest BCUT2D eigenvalue weighted by Gasteiger charge is -2.27. The van der Waals surface area contributed by atoms with Gasteiger partial charge in [0, 0.05) is 44.1 Å². The molecule has 2 aromatic rings. The Morgan fingerprint density at radius 3 is 2.64 bits per heavy atom. The number of amides is 2. The van der Waals surface area contributed by atoms with E-state index in [-0.39, 0.29) is 18.6 Å². The van der Waals surface area contributed by atoms with E-state index in [9.17, 15) is 9.90 Å². The molecule has 0 fully saturated rings. The smallest absolute Gasteiger partial charge is 0.314 e. The number of para-hydroxylation sites is 1. The largest absolute Gasteiger partial charge is 0.383 e. The summed E-state index contributed by atoms with van der Waals surface area (Å²) in [6.07, 6.45) is 3.33. The summed E-state index contributed by atoms with van der Waals surface area (Å²) in [5.41, 5.74) is 0.585. The molecule has 1 aromatic carbocycles. The highest BCUT2D eigenvalue weighted by atomic mass is 16.3. The zero-order valence-electron chi connectivity index (χ0n) is 15.2. The molecule has 0 spiro atoms. The first-order valence-electron chi connectivity index (χ1n) is 8.30. The first-order chi connectivity index (χ1) is 11.8. The number of hydrogen-bond donors (Lipinski definition) is 3. The zero-order chi connectivity index (χ0) is 18.4. The summed E-state index contributed by atoms with van der Waals surface area (Å²) < 4.78 is 1.62. The minimum Gasteiger partial charge on any atom is -0.383 e. The van der Waals surface area contributed by atoms with Gasteiger partial charge < -0.3 is 20.6 Å². The topological polar surface area (TPSA) is 82.4 Å². The van der Waals surface area contributed by atoms with Crippen molar-refractivity contribution in [3.63, 3.8) is 0 Å². The van der Waals surface area contributed by atoms with E-state index in [0.29, 0.717) is 12.1 Å². The molecular formula is C18H27N5O2. The van der Waals surface area contributed by atoms with Crippen LogP contribution in [0.1, 0.15) is 19.4 Å². The van der Waals surface area contributed by atoms with Crippen molar-refractivity contribution in [2.75, 3.05) is 25.0 Å². The number of nitrogens with zero attached hydrogens (tertiary/aromatic N) is 3. The van der Waals surface area contributed by atoms with Crippen molar-refractivity contribution in [1.29, 1.82) is 0 Å². The monoisotopic (exact) mass is 345 g/mol. The first-order valence-corrected chi connectivity index (χ1v) is 8.30. The molecule has 0 aliphatic heterocycles. The molecule has 0 saturated carbocycles. The molecule has 0 bridgehead atoms. The number of nitrogens with one attached hydrogen (secondary N) is 2. The molecule has 7 heteroatoms. The lowest BCUT2D eigenvalue weighted by Crippen LogP contribution is -2.47. The molecule has 0 radical (unpaired) electrons. The maximum Gasteiger partial charge on any atom is 0.314 e. The maximum atomic E-state index is 12.0. The lowest BCUT2D eigenvalue weighted by molar-refractivity contribution is 0.0593. The average Bonchev–Trinajstić information content (AvgIpc) is 3.05. The van der Waals surface area contributed by atoms with E-state index >= 15 is 0 Å². The van der Waals surface area contributed by atoms with Crippen LogP contribution in [-0.4, -0.2) is 47.1 Å². The quantitative estimate of drug-likeness (QED) is 0.709. The van der Waals surface area contributed by atoms with Crippen LogP contribution < -0.4 is 15.5 Å². The Bertz CT molecular complexity index is 684. The van der Waals surface area contributed by atoms with E-state index in [0.717, 1.165) is 5.69 Å².